The van der Waals surface area contributed by atoms with Crippen molar-refractivity contribution in [1.82, 2.24) is 5.32 Å². The fourth-order valence-corrected chi connectivity index (χ4v) is 2.27. The van der Waals surface area contributed by atoms with Crippen LogP contribution in [0, 0.1) is 0 Å². The van der Waals surface area contributed by atoms with Crippen molar-refractivity contribution < 1.29 is 19.4 Å². The molecule has 0 aliphatic carbocycles. The van der Waals surface area contributed by atoms with Crippen molar-refractivity contribution in [3.8, 4) is 0 Å². The highest BCUT2D eigenvalue weighted by molar-refractivity contribution is 5.89. The first-order valence-electron chi connectivity index (χ1n) is 7.49. The lowest BCUT2D eigenvalue weighted by Gasteiger charge is -2.29. The van der Waals surface area contributed by atoms with Crippen molar-refractivity contribution >= 4 is 12.0 Å². The van der Waals surface area contributed by atoms with Crippen molar-refractivity contribution in [1.29, 1.82) is 0 Å². The second kappa shape index (κ2) is 8.12. The van der Waals surface area contributed by atoms with E-state index in [0.717, 1.165) is 11.1 Å². The summed E-state index contributed by atoms with van der Waals surface area (Å²) in [4.78, 5) is 23.9. The number of primary amides is 1. The third kappa shape index (κ3) is 4.57. The first-order chi connectivity index (χ1) is 11.6. The average molecular weight is 328 g/mol. The number of nitrogens with one attached hydrogen (secondary N) is 1. The summed E-state index contributed by atoms with van der Waals surface area (Å²) in [6, 6.07) is 18.1. The summed E-state index contributed by atoms with van der Waals surface area (Å²) < 4.78 is 5.10. The molecule has 2 aromatic rings. The number of alkyl carbamates (subject to hydrolysis) is 1. The van der Waals surface area contributed by atoms with Crippen LogP contribution in [0.1, 0.15) is 11.1 Å². The molecule has 2 aromatic carbocycles. The molecular weight excluding hydrogens is 308 g/mol. The minimum Gasteiger partial charge on any atom is -0.445 e. The summed E-state index contributed by atoms with van der Waals surface area (Å²) in [6.45, 7) is -0.573. The highest BCUT2D eigenvalue weighted by Gasteiger charge is 2.38. The SMILES string of the molecule is NC(=O)C(CO)(Cc1ccccc1)NC(=O)OCc1ccccc1. The molecule has 6 nitrogen and oxygen atoms in total. The molecule has 2 amide bonds. The van der Waals surface area contributed by atoms with E-state index in [4.69, 9.17) is 10.5 Å². The number of carbonyl (C=O) groups excluding carboxylic acids is 2. The van der Waals surface area contributed by atoms with Gasteiger partial charge in [0.25, 0.3) is 0 Å². The average Bonchev–Trinajstić information content (AvgIpc) is 2.61. The zero-order chi connectivity index (χ0) is 17.4. The van der Waals surface area contributed by atoms with Gasteiger partial charge in [0.15, 0.2) is 0 Å². The lowest BCUT2D eigenvalue weighted by molar-refractivity contribution is -0.125. The third-order valence-corrected chi connectivity index (χ3v) is 3.64. The van der Waals surface area contributed by atoms with Gasteiger partial charge in [-0.15, -0.1) is 0 Å². The van der Waals surface area contributed by atoms with Crippen LogP contribution >= 0.6 is 0 Å². The van der Waals surface area contributed by atoms with Crippen molar-refractivity contribution in [2.24, 2.45) is 5.73 Å². The normalized spacial score (nSPS) is 12.9. The maximum absolute atomic E-state index is 12.0. The van der Waals surface area contributed by atoms with Crippen LogP contribution in [-0.2, 0) is 22.6 Å². The van der Waals surface area contributed by atoms with Crippen LogP contribution in [0.5, 0.6) is 0 Å². The molecule has 4 N–H and O–H groups in total. The van der Waals surface area contributed by atoms with Gasteiger partial charge in [-0.05, 0) is 11.1 Å². The van der Waals surface area contributed by atoms with Crippen LogP contribution in [0.2, 0.25) is 0 Å². The van der Waals surface area contributed by atoms with Crippen LogP contribution in [0.3, 0.4) is 0 Å². The number of benzene rings is 2. The monoisotopic (exact) mass is 328 g/mol. The number of hydrogen-bond donors (Lipinski definition) is 3. The van der Waals surface area contributed by atoms with E-state index in [9.17, 15) is 14.7 Å². The number of hydrogen-bond acceptors (Lipinski definition) is 4. The molecule has 0 radical (unpaired) electrons. The Labute approximate surface area is 140 Å². The Morgan fingerprint density at radius 1 is 1.00 bits per heavy atom. The van der Waals surface area contributed by atoms with Gasteiger partial charge in [-0.25, -0.2) is 4.79 Å². The van der Waals surface area contributed by atoms with E-state index in [1.54, 1.807) is 24.3 Å². The number of aliphatic hydroxyl groups is 1. The van der Waals surface area contributed by atoms with E-state index in [2.05, 4.69) is 5.32 Å². The molecule has 2 rings (SSSR count). The summed E-state index contributed by atoms with van der Waals surface area (Å²) >= 11 is 0. The number of aliphatic hydroxyl groups excluding tert-OH is 1. The Morgan fingerprint density at radius 3 is 2.04 bits per heavy atom. The molecule has 0 spiro atoms. The van der Waals surface area contributed by atoms with Crippen LogP contribution in [-0.4, -0.2) is 29.3 Å². The lowest BCUT2D eigenvalue weighted by Crippen LogP contribution is -2.61. The molecule has 0 fully saturated rings. The number of nitrogens with two attached hydrogens (primary N) is 1. The fourth-order valence-electron chi connectivity index (χ4n) is 2.27. The molecule has 1 atom stereocenters. The second-order valence-electron chi connectivity index (χ2n) is 5.45. The molecule has 126 valence electrons. The Balaban J connectivity index is 2.05. The van der Waals surface area contributed by atoms with Gasteiger partial charge in [-0.2, -0.15) is 0 Å². The van der Waals surface area contributed by atoms with Crippen LogP contribution < -0.4 is 11.1 Å². The molecule has 0 aliphatic heterocycles. The maximum Gasteiger partial charge on any atom is 0.408 e. The molecule has 6 heteroatoms. The highest BCUT2D eigenvalue weighted by Crippen LogP contribution is 2.14. The minimum atomic E-state index is -1.62. The maximum atomic E-state index is 12.0. The van der Waals surface area contributed by atoms with Gasteiger partial charge in [0.1, 0.15) is 12.1 Å². The number of carbonyl (C=O) groups is 2. The number of amides is 2. The van der Waals surface area contributed by atoms with Gasteiger partial charge in [0, 0.05) is 6.42 Å². The topological polar surface area (TPSA) is 102 Å². The van der Waals surface area contributed by atoms with Crippen molar-refractivity contribution in [2.45, 2.75) is 18.6 Å². The van der Waals surface area contributed by atoms with Crippen molar-refractivity contribution in [3.63, 3.8) is 0 Å². The Morgan fingerprint density at radius 2 is 1.54 bits per heavy atom. The Bertz CT molecular complexity index is 676. The zero-order valence-corrected chi connectivity index (χ0v) is 13.1. The predicted molar refractivity (Wildman–Crippen MR) is 88.9 cm³/mol. The standard InChI is InChI=1S/C18H20N2O4/c19-16(22)18(13-21,11-14-7-3-1-4-8-14)20-17(23)24-12-15-9-5-2-6-10-15/h1-10,21H,11-13H2,(H2,19,22)(H,20,23). The van der Waals surface area contributed by atoms with Crippen molar-refractivity contribution in [2.75, 3.05) is 6.61 Å². The molecule has 24 heavy (non-hydrogen) atoms. The van der Waals surface area contributed by atoms with E-state index < -0.39 is 24.1 Å². The summed E-state index contributed by atoms with van der Waals surface area (Å²) in [6.07, 6.45) is -0.747. The van der Waals surface area contributed by atoms with Crippen molar-refractivity contribution in [3.05, 3.63) is 71.8 Å². The van der Waals surface area contributed by atoms with Gasteiger partial charge in [-0.1, -0.05) is 60.7 Å². The first-order valence-corrected chi connectivity index (χ1v) is 7.49. The van der Waals surface area contributed by atoms with Gasteiger partial charge < -0.3 is 20.9 Å². The van der Waals surface area contributed by atoms with E-state index in [1.807, 2.05) is 36.4 Å². The quantitative estimate of drug-likeness (QED) is 0.714. The smallest absolute Gasteiger partial charge is 0.408 e. The number of rotatable bonds is 7. The molecule has 0 bridgehead atoms. The van der Waals surface area contributed by atoms with Gasteiger partial charge >= 0.3 is 6.09 Å². The van der Waals surface area contributed by atoms with Gasteiger partial charge in [0.05, 0.1) is 6.61 Å². The molecule has 0 aromatic heterocycles. The van der Waals surface area contributed by atoms with Gasteiger partial charge in [-0.3, -0.25) is 4.79 Å². The molecule has 1 unspecified atom stereocenters. The molecule has 0 saturated carbocycles. The van der Waals surface area contributed by atoms with Crippen LogP contribution in [0.4, 0.5) is 4.79 Å². The molecule has 0 aliphatic rings. The second-order valence-corrected chi connectivity index (χ2v) is 5.45. The van der Waals surface area contributed by atoms with E-state index in [1.165, 1.54) is 0 Å². The van der Waals surface area contributed by atoms with Crippen LogP contribution in [0.15, 0.2) is 60.7 Å². The van der Waals surface area contributed by atoms with Crippen LogP contribution in [0.25, 0.3) is 0 Å². The number of ether oxygens (including phenoxy) is 1. The first kappa shape index (κ1) is 17.5. The summed E-state index contributed by atoms with van der Waals surface area (Å²) in [7, 11) is 0. The third-order valence-electron chi connectivity index (χ3n) is 3.64. The Hall–Kier alpha value is -2.86. The highest BCUT2D eigenvalue weighted by atomic mass is 16.5. The predicted octanol–water partition coefficient (Wildman–Crippen LogP) is 1.37. The lowest BCUT2D eigenvalue weighted by atomic mass is 9.91. The van der Waals surface area contributed by atoms with Gasteiger partial charge in [0.2, 0.25) is 5.91 Å². The summed E-state index contributed by atoms with van der Waals surface area (Å²) in [5, 5.41) is 12.1. The zero-order valence-electron chi connectivity index (χ0n) is 13.1. The molecule has 0 heterocycles. The fraction of sp³-hybridized carbons (Fsp3) is 0.222. The largest absolute Gasteiger partial charge is 0.445 e. The molecular formula is C18H20N2O4. The minimum absolute atomic E-state index is 0.0538. The van der Waals surface area contributed by atoms with E-state index in [0.29, 0.717) is 0 Å². The summed E-state index contributed by atoms with van der Waals surface area (Å²) in [5.41, 5.74) is 5.37. The van der Waals surface area contributed by atoms with E-state index >= 15 is 0 Å². The molecule has 0 saturated heterocycles. The Kier molecular flexibility index (Phi) is 5.92. The van der Waals surface area contributed by atoms with E-state index in [-0.39, 0.29) is 13.0 Å². The summed E-state index contributed by atoms with van der Waals surface area (Å²) in [5.74, 6) is -0.828.